The molecule has 0 N–H and O–H groups in total. The van der Waals surface area contributed by atoms with Crippen LogP contribution in [0.25, 0.3) is 0 Å². The molecule has 0 radical (unpaired) electrons. The van der Waals surface area contributed by atoms with Crippen LogP contribution in [0.15, 0.2) is 24.3 Å². The van der Waals surface area contributed by atoms with E-state index in [0.717, 1.165) is 11.4 Å². The van der Waals surface area contributed by atoms with Crippen molar-refractivity contribution in [3.05, 3.63) is 56.8 Å². The van der Waals surface area contributed by atoms with E-state index in [1.807, 2.05) is 25.3 Å². The van der Waals surface area contributed by atoms with E-state index in [9.17, 15) is 9.59 Å². The van der Waals surface area contributed by atoms with Crippen molar-refractivity contribution in [3.8, 4) is 0 Å². The van der Waals surface area contributed by atoms with Crippen LogP contribution in [0.2, 0.25) is 10.0 Å². The molecule has 0 aliphatic rings. The molecular weight excluding hydrogens is 377 g/mol. The van der Waals surface area contributed by atoms with E-state index in [4.69, 9.17) is 32.7 Å². The van der Waals surface area contributed by atoms with Crippen molar-refractivity contribution >= 4 is 35.0 Å². The summed E-state index contributed by atoms with van der Waals surface area (Å²) in [6, 6.07) is 6.30. The number of Topliss-reactive ketones (excluding diaryl/α,β-unsaturated/α-hetero) is 1. The molecule has 5 nitrogen and oxygen atoms in total. The van der Waals surface area contributed by atoms with E-state index in [-0.39, 0.29) is 24.0 Å². The molecule has 0 fully saturated rings. The van der Waals surface area contributed by atoms with E-state index in [0.29, 0.717) is 22.2 Å². The van der Waals surface area contributed by atoms with E-state index in [2.05, 4.69) is 0 Å². The minimum atomic E-state index is -0.649. The molecule has 0 bridgehead atoms. The molecule has 1 aromatic carbocycles. The molecule has 0 saturated carbocycles. The summed E-state index contributed by atoms with van der Waals surface area (Å²) in [5, 5.41) is 0.651. The molecule has 1 atom stereocenters. The van der Waals surface area contributed by atoms with E-state index in [1.54, 1.807) is 13.2 Å². The number of hydrogen-bond donors (Lipinski definition) is 0. The van der Waals surface area contributed by atoms with Gasteiger partial charge in [-0.05, 0) is 45.0 Å². The van der Waals surface area contributed by atoms with Crippen LogP contribution in [0.3, 0.4) is 0 Å². The molecule has 0 saturated heterocycles. The molecular formula is C19H21Cl2NO4. The van der Waals surface area contributed by atoms with Crippen LogP contribution in [0.1, 0.15) is 45.1 Å². The Labute approximate surface area is 162 Å². The molecule has 1 heterocycles. The largest absolute Gasteiger partial charge is 0.454 e. The monoisotopic (exact) mass is 397 g/mol. The second-order valence-corrected chi connectivity index (χ2v) is 6.99. The molecule has 26 heavy (non-hydrogen) atoms. The van der Waals surface area contributed by atoms with Crippen LogP contribution >= 0.6 is 23.2 Å². The van der Waals surface area contributed by atoms with E-state index in [1.165, 1.54) is 18.2 Å². The minimum absolute atomic E-state index is 0.0951. The highest BCUT2D eigenvalue weighted by Gasteiger charge is 2.20. The van der Waals surface area contributed by atoms with E-state index >= 15 is 0 Å². The molecule has 0 amide bonds. The van der Waals surface area contributed by atoms with Gasteiger partial charge in [-0.1, -0.05) is 23.2 Å². The summed E-state index contributed by atoms with van der Waals surface area (Å²) < 4.78 is 12.4. The normalized spacial score (nSPS) is 12.1. The zero-order valence-electron chi connectivity index (χ0n) is 15.1. The molecule has 7 heteroatoms. The summed E-state index contributed by atoms with van der Waals surface area (Å²) in [5.74, 6) is -0.917. The lowest BCUT2D eigenvalue weighted by Crippen LogP contribution is -2.17. The van der Waals surface area contributed by atoms with Gasteiger partial charge in [0.05, 0.1) is 18.2 Å². The van der Waals surface area contributed by atoms with Crippen molar-refractivity contribution < 1.29 is 19.1 Å². The van der Waals surface area contributed by atoms with Gasteiger partial charge >= 0.3 is 5.97 Å². The second kappa shape index (κ2) is 8.71. The lowest BCUT2D eigenvalue weighted by atomic mass is 10.1. The van der Waals surface area contributed by atoms with Crippen LogP contribution in [0.4, 0.5) is 0 Å². The molecule has 1 aromatic heterocycles. The standard InChI is InChI=1S/C19H21Cl2NO4/c1-11-5-17(13(3)22(11)12(2)9-25-4)18(23)10-26-19(24)14-6-15(20)8-16(21)7-14/h5-8,12H,9-10H2,1-4H3/t12-/m0/s1. The third-order valence-electron chi connectivity index (χ3n) is 4.07. The van der Waals surface area contributed by atoms with Crippen molar-refractivity contribution in [1.82, 2.24) is 4.57 Å². The third kappa shape index (κ3) is 4.67. The molecule has 140 valence electrons. The van der Waals surface area contributed by atoms with Gasteiger partial charge in [0.15, 0.2) is 6.61 Å². The van der Waals surface area contributed by atoms with Crippen molar-refractivity contribution in [1.29, 1.82) is 0 Å². The number of esters is 1. The van der Waals surface area contributed by atoms with E-state index < -0.39 is 5.97 Å². The maximum atomic E-state index is 12.5. The number of carbonyl (C=O) groups excluding carboxylic acids is 2. The Morgan fingerprint density at radius 2 is 1.73 bits per heavy atom. The Kier molecular flexibility index (Phi) is 6.87. The average Bonchev–Trinajstić information content (AvgIpc) is 2.86. The number of benzene rings is 1. The van der Waals surface area contributed by atoms with Crippen LogP contribution in [-0.4, -0.2) is 36.6 Å². The number of hydrogen-bond acceptors (Lipinski definition) is 4. The number of ether oxygens (including phenoxy) is 2. The highest BCUT2D eigenvalue weighted by atomic mass is 35.5. The van der Waals surface area contributed by atoms with Gasteiger partial charge in [0.1, 0.15) is 0 Å². The van der Waals surface area contributed by atoms with Crippen LogP contribution in [0, 0.1) is 13.8 Å². The van der Waals surface area contributed by atoms with Gasteiger partial charge in [-0.25, -0.2) is 4.79 Å². The fraction of sp³-hybridized carbons (Fsp3) is 0.368. The number of methoxy groups -OCH3 is 1. The third-order valence-corrected chi connectivity index (χ3v) is 4.50. The molecule has 2 aromatic rings. The summed E-state index contributed by atoms with van der Waals surface area (Å²) in [7, 11) is 1.64. The Morgan fingerprint density at radius 3 is 2.31 bits per heavy atom. The predicted octanol–water partition coefficient (Wildman–Crippen LogP) is 4.66. The average molecular weight is 398 g/mol. The SMILES string of the molecule is COC[C@H](C)n1c(C)cc(C(=O)COC(=O)c2cc(Cl)cc(Cl)c2)c1C. The maximum absolute atomic E-state index is 12.5. The topological polar surface area (TPSA) is 57.5 Å². The fourth-order valence-electron chi connectivity index (χ4n) is 3.02. The van der Waals surface area contributed by atoms with Gasteiger partial charge in [0.25, 0.3) is 0 Å². The van der Waals surface area contributed by atoms with Crippen molar-refractivity contribution in [2.24, 2.45) is 0 Å². The van der Waals surface area contributed by atoms with Gasteiger partial charge in [-0.2, -0.15) is 0 Å². The highest BCUT2D eigenvalue weighted by molar-refractivity contribution is 6.35. The molecule has 0 spiro atoms. The van der Waals surface area contributed by atoms with Crippen LogP contribution in [0.5, 0.6) is 0 Å². The second-order valence-electron chi connectivity index (χ2n) is 6.12. The number of ketones is 1. The van der Waals surface area contributed by atoms with Crippen LogP contribution < -0.4 is 0 Å². The quantitative estimate of drug-likeness (QED) is 0.503. The van der Waals surface area contributed by atoms with Crippen molar-refractivity contribution in [2.75, 3.05) is 20.3 Å². The Hall–Kier alpha value is -1.82. The number of aromatic nitrogens is 1. The fourth-order valence-corrected chi connectivity index (χ4v) is 3.54. The van der Waals surface area contributed by atoms with Gasteiger partial charge in [-0.3, -0.25) is 4.79 Å². The van der Waals surface area contributed by atoms with Crippen molar-refractivity contribution in [3.63, 3.8) is 0 Å². The molecule has 2 rings (SSSR count). The van der Waals surface area contributed by atoms with Crippen LogP contribution in [-0.2, 0) is 9.47 Å². The van der Waals surface area contributed by atoms with Gasteiger partial charge in [-0.15, -0.1) is 0 Å². The van der Waals surface area contributed by atoms with Gasteiger partial charge in [0.2, 0.25) is 5.78 Å². The first-order chi connectivity index (χ1) is 12.2. The van der Waals surface area contributed by atoms with Gasteiger partial charge in [0, 0.05) is 34.1 Å². The van der Waals surface area contributed by atoms with Gasteiger partial charge < -0.3 is 14.0 Å². The highest BCUT2D eigenvalue weighted by Crippen LogP contribution is 2.22. The number of nitrogens with zero attached hydrogens (tertiary/aromatic N) is 1. The summed E-state index contributed by atoms with van der Waals surface area (Å²) in [6.45, 7) is 5.99. The number of rotatable bonds is 7. The lowest BCUT2D eigenvalue weighted by molar-refractivity contribution is 0.0474. The Balaban J connectivity index is 2.11. The summed E-state index contributed by atoms with van der Waals surface area (Å²) in [6.07, 6.45) is 0. The molecule has 0 unspecified atom stereocenters. The Morgan fingerprint density at radius 1 is 1.12 bits per heavy atom. The maximum Gasteiger partial charge on any atom is 0.338 e. The minimum Gasteiger partial charge on any atom is -0.454 e. The zero-order chi connectivity index (χ0) is 19.4. The molecule has 0 aliphatic carbocycles. The summed E-state index contributed by atoms with van der Waals surface area (Å²) in [4.78, 5) is 24.6. The first-order valence-corrected chi connectivity index (χ1v) is 8.84. The smallest absolute Gasteiger partial charge is 0.338 e. The number of carbonyl (C=O) groups is 2. The Bertz CT molecular complexity index is 809. The summed E-state index contributed by atoms with van der Waals surface area (Å²) in [5.41, 5.74) is 2.50. The summed E-state index contributed by atoms with van der Waals surface area (Å²) >= 11 is 11.8. The zero-order valence-corrected chi connectivity index (χ0v) is 16.6. The number of aryl methyl sites for hydroxylation is 1. The number of halogens is 2. The first-order valence-electron chi connectivity index (χ1n) is 8.08. The predicted molar refractivity (Wildman–Crippen MR) is 102 cm³/mol. The molecule has 0 aliphatic heterocycles. The lowest BCUT2D eigenvalue weighted by Gasteiger charge is -2.17. The first kappa shape index (κ1) is 20.5. The van der Waals surface area contributed by atoms with Crippen molar-refractivity contribution in [2.45, 2.75) is 26.8 Å².